The van der Waals surface area contributed by atoms with Gasteiger partial charge < -0.3 is 15.4 Å². The molecular weight excluding hydrogens is 310 g/mol. The normalized spacial score (nSPS) is 11.4. The maximum absolute atomic E-state index is 12.2. The lowest BCUT2D eigenvalue weighted by molar-refractivity contribution is -0.384. The maximum atomic E-state index is 12.2. The number of benzene rings is 2. The number of nitro groups is 1. The van der Waals surface area contributed by atoms with E-state index in [1.807, 2.05) is 31.2 Å². The Balaban J connectivity index is 1.96. The summed E-state index contributed by atoms with van der Waals surface area (Å²) in [6.07, 6.45) is 0. The Labute approximate surface area is 139 Å². The van der Waals surface area contributed by atoms with E-state index >= 15 is 0 Å². The number of non-ortho nitro benzene ring substituents is 1. The molecule has 2 aromatic carbocycles. The summed E-state index contributed by atoms with van der Waals surface area (Å²) in [6.45, 7) is 4.21. The fourth-order valence-electron chi connectivity index (χ4n) is 2.08. The molecule has 0 aliphatic carbocycles. The zero-order chi connectivity index (χ0) is 17.5. The largest absolute Gasteiger partial charge is 0.494 e. The molecule has 0 aromatic heterocycles. The van der Waals surface area contributed by atoms with Crippen LogP contribution in [0, 0.1) is 10.1 Å². The van der Waals surface area contributed by atoms with E-state index in [1.54, 1.807) is 13.0 Å². The number of hydrogen-bond acceptors (Lipinski definition) is 5. The van der Waals surface area contributed by atoms with Crippen LogP contribution in [0.3, 0.4) is 0 Å². The number of carbonyl (C=O) groups is 1. The van der Waals surface area contributed by atoms with Crippen molar-refractivity contribution in [1.82, 2.24) is 0 Å². The first kappa shape index (κ1) is 17.3. The predicted octanol–water partition coefficient (Wildman–Crippen LogP) is 3.43. The number of rotatable bonds is 7. The second-order valence-electron chi connectivity index (χ2n) is 5.12. The Hall–Kier alpha value is -3.09. The molecule has 0 aliphatic heterocycles. The van der Waals surface area contributed by atoms with E-state index in [0.29, 0.717) is 12.3 Å². The standard InChI is InChI=1S/C17H19N3O4/c1-3-24-16-9-7-13(8-10-16)18-12(2)17(21)19-14-5-4-6-15(11-14)20(22)23/h4-12,18H,3H2,1-2H3,(H,19,21)/t12-/m1/s1. The van der Waals surface area contributed by atoms with Gasteiger partial charge in [0, 0.05) is 23.5 Å². The lowest BCUT2D eigenvalue weighted by Gasteiger charge is -2.15. The van der Waals surface area contributed by atoms with Crippen molar-refractivity contribution in [2.24, 2.45) is 0 Å². The SMILES string of the molecule is CCOc1ccc(N[C@H](C)C(=O)Nc2cccc([N+](=O)[O-])c2)cc1. The highest BCUT2D eigenvalue weighted by atomic mass is 16.6. The third kappa shape index (κ3) is 4.70. The number of hydrogen-bond donors (Lipinski definition) is 2. The molecule has 0 heterocycles. The molecule has 0 bridgehead atoms. The summed E-state index contributed by atoms with van der Waals surface area (Å²) in [7, 11) is 0. The topological polar surface area (TPSA) is 93.5 Å². The summed E-state index contributed by atoms with van der Waals surface area (Å²) in [4.78, 5) is 22.5. The first-order chi connectivity index (χ1) is 11.5. The quantitative estimate of drug-likeness (QED) is 0.599. The van der Waals surface area contributed by atoms with Gasteiger partial charge in [0.25, 0.3) is 5.69 Å². The highest BCUT2D eigenvalue weighted by Gasteiger charge is 2.14. The molecule has 1 atom stereocenters. The minimum atomic E-state index is -0.512. The van der Waals surface area contributed by atoms with Crippen molar-refractivity contribution < 1.29 is 14.5 Å². The molecule has 24 heavy (non-hydrogen) atoms. The lowest BCUT2D eigenvalue weighted by atomic mass is 10.2. The van der Waals surface area contributed by atoms with Crippen LogP contribution < -0.4 is 15.4 Å². The van der Waals surface area contributed by atoms with Crippen molar-refractivity contribution in [3.05, 3.63) is 58.6 Å². The van der Waals surface area contributed by atoms with Crippen molar-refractivity contribution in [1.29, 1.82) is 0 Å². The third-order valence-electron chi connectivity index (χ3n) is 3.27. The van der Waals surface area contributed by atoms with E-state index in [4.69, 9.17) is 4.74 Å². The molecular formula is C17H19N3O4. The number of nitrogens with one attached hydrogen (secondary N) is 2. The van der Waals surface area contributed by atoms with Crippen LogP contribution in [-0.2, 0) is 4.79 Å². The summed E-state index contributed by atoms with van der Waals surface area (Å²) < 4.78 is 5.36. The number of nitrogens with zero attached hydrogens (tertiary/aromatic N) is 1. The van der Waals surface area contributed by atoms with Gasteiger partial charge in [0.2, 0.25) is 5.91 Å². The van der Waals surface area contributed by atoms with Gasteiger partial charge in [-0.05, 0) is 44.2 Å². The van der Waals surface area contributed by atoms with Crippen LogP contribution in [0.25, 0.3) is 0 Å². The van der Waals surface area contributed by atoms with E-state index in [1.165, 1.54) is 18.2 Å². The van der Waals surface area contributed by atoms with Crippen molar-refractivity contribution in [2.75, 3.05) is 17.2 Å². The molecule has 0 unspecified atom stereocenters. The van der Waals surface area contributed by atoms with Crippen molar-refractivity contribution in [2.45, 2.75) is 19.9 Å². The van der Waals surface area contributed by atoms with Crippen LogP contribution >= 0.6 is 0 Å². The molecule has 1 amide bonds. The van der Waals surface area contributed by atoms with Gasteiger partial charge in [0.1, 0.15) is 11.8 Å². The van der Waals surface area contributed by atoms with Crippen molar-refractivity contribution in [3.8, 4) is 5.75 Å². The van der Waals surface area contributed by atoms with Gasteiger partial charge in [-0.3, -0.25) is 14.9 Å². The minimum absolute atomic E-state index is 0.0695. The van der Waals surface area contributed by atoms with Crippen LogP contribution in [0.4, 0.5) is 17.1 Å². The van der Waals surface area contributed by atoms with Gasteiger partial charge in [-0.2, -0.15) is 0 Å². The molecule has 2 rings (SSSR count). The lowest BCUT2D eigenvalue weighted by Crippen LogP contribution is -2.31. The van der Waals surface area contributed by atoms with E-state index in [9.17, 15) is 14.9 Å². The smallest absolute Gasteiger partial charge is 0.271 e. The summed E-state index contributed by atoms with van der Waals surface area (Å²) in [5, 5.41) is 16.5. The molecule has 7 heteroatoms. The fourth-order valence-corrected chi connectivity index (χ4v) is 2.08. The zero-order valence-corrected chi connectivity index (χ0v) is 13.5. The first-order valence-electron chi connectivity index (χ1n) is 7.54. The second-order valence-corrected chi connectivity index (χ2v) is 5.12. The van der Waals surface area contributed by atoms with Crippen molar-refractivity contribution in [3.63, 3.8) is 0 Å². The van der Waals surface area contributed by atoms with Crippen LogP contribution in [0.15, 0.2) is 48.5 Å². The van der Waals surface area contributed by atoms with Gasteiger partial charge in [0.05, 0.1) is 11.5 Å². The number of nitro benzene ring substituents is 1. The predicted molar refractivity (Wildman–Crippen MR) is 92.4 cm³/mol. The Morgan fingerprint density at radius 3 is 2.54 bits per heavy atom. The summed E-state index contributed by atoms with van der Waals surface area (Å²) in [5.41, 5.74) is 1.09. The van der Waals surface area contributed by atoms with Gasteiger partial charge >= 0.3 is 0 Å². The zero-order valence-electron chi connectivity index (χ0n) is 13.5. The molecule has 0 fully saturated rings. The second kappa shape index (κ2) is 7.96. The Kier molecular flexibility index (Phi) is 5.73. The molecule has 2 aromatic rings. The van der Waals surface area contributed by atoms with E-state index in [-0.39, 0.29) is 11.6 Å². The number of ether oxygens (including phenoxy) is 1. The number of anilines is 2. The summed E-state index contributed by atoms with van der Waals surface area (Å²) in [5.74, 6) is 0.473. The highest BCUT2D eigenvalue weighted by Crippen LogP contribution is 2.19. The van der Waals surface area contributed by atoms with Crippen LogP contribution in [0.5, 0.6) is 5.75 Å². The maximum Gasteiger partial charge on any atom is 0.271 e. The van der Waals surface area contributed by atoms with Crippen LogP contribution in [0.1, 0.15) is 13.8 Å². The number of carbonyl (C=O) groups excluding carboxylic acids is 1. The van der Waals surface area contributed by atoms with Crippen molar-refractivity contribution >= 4 is 23.0 Å². The Morgan fingerprint density at radius 2 is 1.92 bits per heavy atom. The average Bonchev–Trinajstić information content (AvgIpc) is 2.57. The fraction of sp³-hybridized carbons (Fsp3) is 0.235. The molecule has 7 nitrogen and oxygen atoms in total. The molecule has 0 spiro atoms. The third-order valence-corrected chi connectivity index (χ3v) is 3.27. The van der Waals surface area contributed by atoms with Gasteiger partial charge in [-0.1, -0.05) is 6.07 Å². The average molecular weight is 329 g/mol. The molecule has 0 saturated heterocycles. The number of amides is 1. The Morgan fingerprint density at radius 1 is 1.21 bits per heavy atom. The van der Waals surface area contributed by atoms with Gasteiger partial charge in [0.15, 0.2) is 0 Å². The first-order valence-corrected chi connectivity index (χ1v) is 7.54. The summed E-state index contributed by atoms with van der Waals surface area (Å²) >= 11 is 0. The molecule has 0 saturated carbocycles. The molecule has 2 N–H and O–H groups in total. The minimum Gasteiger partial charge on any atom is -0.494 e. The van der Waals surface area contributed by atoms with Gasteiger partial charge in [-0.15, -0.1) is 0 Å². The van der Waals surface area contributed by atoms with Gasteiger partial charge in [-0.25, -0.2) is 0 Å². The van der Waals surface area contributed by atoms with E-state index < -0.39 is 11.0 Å². The van der Waals surface area contributed by atoms with Crippen LogP contribution in [-0.4, -0.2) is 23.5 Å². The monoisotopic (exact) mass is 329 g/mol. The van der Waals surface area contributed by atoms with E-state index in [0.717, 1.165) is 11.4 Å². The molecule has 0 radical (unpaired) electrons. The van der Waals surface area contributed by atoms with E-state index in [2.05, 4.69) is 10.6 Å². The summed E-state index contributed by atoms with van der Waals surface area (Å²) in [6, 6.07) is 12.6. The Bertz CT molecular complexity index is 716. The molecule has 126 valence electrons. The molecule has 0 aliphatic rings. The van der Waals surface area contributed by atoms with Crippen LogP contribution in [0.2, 0.25) is 0 Å². The highest BCUT2D eigenvalue weighted by molar-refractivity contribution is 5.96.